The fourth-order valence-electron chi connectivity index (χ4n) is 4.73. The lowest BCUT2D eigenvalue weighted by molar-refractivity contribution is -0.136. The second-order valence-electron chi connectivity index (χ2n) is 8.19. The number of aromatic nitrogens is 1. The number of nitrogens with one attached hydrogen (secondary N) is 1. The zero-order valence-electron chi connectivity index (χ0n) is 17.5. The fraction of sp³-hybridized carbons (Fsp3) is 0.682. The van der Waals surface area contributed by atoms with Gasteiger partial charge in [-0.2, -0.15) is 0 Å². The fourth-order valence-corrected chi connectivity index (χ4v) is 4.73. The van der Waals surface area contributed by atoms with Gasteiger partial charge in [-0.25, -0.2) is 0 Å². The number of ketones is 1. The van der Waals surface area contributed by atoms with E-state index in [1.807, 2.05) is 23.6 Å². The molecule has 154 valence electrons. The van der Waals surface area contributed by atoms with E-state index < -0.39 is 0 Å². The number of carbonyl (C=O) groups is 3. The number of aryl methyl sites for hydroxylation is 1. The molecule has 2 aliphatic heterocycles. The molecule has 28 heavy (non-hydrogen) atoms. The predicted octanol–water partition coefficient (Wildman–Crippen LogP) is 3.34. The van der Waals surface area contributed by atoms with Crippen LogP contribution in [0.2, 0.25) is 0 Å². The number of hydrogen-bond donors (Lipinski definition) is 1. The number of aromatic amines is 1. The molecule has 2 fully saturated rings. The molecule has 3 heterocycles. The van der Waals surface area contributed by atoms with Crippen molar-refractivity contribution in [3.63, 3.8) is 0 Å². The molecule has 6 nitrogen and oxygen atoms in total. The Balaban J connectivity index is 1.65. The van der Waals surface area contributed by atoms with Gasteiger partial charge in [0.2, 0.25) is 5.91 Å². The summed E-state index contributed by atoms with van der Waals surface area (Å²) in [6.07, 6.45) is 6.73. The molecule has 2 aliphatic rings. The number of likely N-dealkylation sites (tertiary alicyclic amines) is 2. The quantitative estimate of drug-likeness (QED) is 0.805. The van der Waals surface area contributed by atoms with Gasteiger partial charge in [-0.3, -0.25) is 14.4 Å². The van der Waals surface area contributed by atoms with Gasteiger partial charge in [0.05, 0.1) is 0 Å². The summed E-state index contributed by atoms with van der Waals surface area (Å²) in [5.41, 5.74) is 2.77. The third-order valence-corrected chi connectivity index (χ3v) is 6.26. The van der Waals surface area contributed by atoms with Gasteiger partial charge in [0.15, 0.2) is 5.78 Å². The number of rotatable bonds is 4. The summed E-state index contributed by atoms with van der Waals surface area (Å²) in [7, 11) is 0. The van der Waals surface area contributed by atoms with E-state index in [1.54, 1.807) is 6.92 Å². The minimum atomic E-state index is -0.0480. The third kappa shape index (κ3) is 4.15. The molecular formula is C22H33N3O3. The smallest absolute Gasteiger partial charge is 0.270 e. The van der Waals surface area contributed by atoms with Gasteiger partial charge in [-0.15, -0.1) is 0 Å². The Labute approximate surface area is 167 Å². The Morgan fingerprint density at radius 2 is 1.57 bits per heavy atom. The molecule has 2 saturated heterocycles. The first-order valence-corrected chi connectivity index (χ1v) is 10.7. The van der Waals surface area contributed by atoms with E-state index in [2.05, 4.69) is 4.98 Å². The third-order valence-electron chi connectivity index (χ3n) is 6.26. The van der Waals surface area contributed by atoms with Crippen molar-refractivity contribution in [3.8, 4) is 0 Å². The van der Waals surface area contributed by atoms with Gasteiger partial charge < -0.3 is 14.8 Å². The standard InChI is InChI=1S/C22H33N3O3/c1-4-18-19(16(3)26)15(2)23-20(18)22(28)25-13-9-17(10-14-25)21(27)24-11-7-5-6-8-12-24/h17,23H,4-14H2,1-3H3. The molecule has 0 aliphatic carbocycles. The highest BCUT2D eigenvalue weighted by Gasteiger charge is 2.32. The van der Waals surface area contributed by atoms with Gasteiger partial charge >= 0.3 is 0 Å². The van der Waals surface area contributed by atoms with Crippen LogP contribution in [0, 0.1) is 12.8 Å². The molecule has 0 radical (unpaired) electrons. The molecule has 2 amide bonds. The Bertz CT molecular complexity index is 736. The van der Waals surface area contributed by atoms with Crippen LogP contribution in [0.15, 0.2) is 0 Å². The van der Waals surface area contributed by atoms with Crippen LogP contribution in [0.5, 0.6) is 0 Å². The van der Waals surface area contributed by atoms with Crippen molar-refractivity contribution in [1.82, 2.24) is 14.8 Å². The van der Waals surface area contributed by atoms with Crippen molar-refractivity contribution in [2.24, 2.45) is 5.92 Å². The van der Waals surface area contributed by atoms with E-state index in [0.29, 0.717) is 30.8 Å². The predicted molar refractivity (Wildman–Crippen MR) is 109 cm³/mol. The minimum Gasteiger partial charge on any atom is -0.354 e. The molecule has 3 rings (SSSR count). The van der Waals surface area contributed by atoms with Gasteiger partial charge in [0, 0.05) is 43.4 Å². The van der Waals surface area contributed by atoms with Crippen molar-refractivity contribution in [3.05, 3.63) is 22.5 Å². The Morgan fingerprint density at radius 1 is 0.964 bits per heavy atom. The number of hydrogen-bond acceptors (Lipinski definition) is 3. The van der Waals surface area contributed by atoms with E-state index in [9.17, 15) is 14.4 Å². The highest BCUT2D eigenvalue weighted by Crippen LogP contribution is 2.26. The molecule has 0 saturated carbocycles. The molecule has 0 unspecified atom stereocenters. The maximum Gasteiger partial charge on any atom is 0.270 e. The van der Waals surface area contributed by atoms with Crippen LogP contribution in [-0.2, 0) is 11.2 Å². The number of amides is 2. The van der Waals surface area contributed by atoms with E-state index in [1.165, 1.54) is 12.8 Å². The first-order chi connectivity index (χ1) is 13.4. The number of nitrogens with zero attached hydrogens (tertiary/aromatic N) is 2. The summed E-state index contributed by atoms with van der Waals surface area (Å²) in [6.45, 7) is 8.32. The highest BCUT2D eigenvalue weighted by molar-refractivity contribution is 6.02. The number of Topliss-reactive ketones (excluding diaryl/α,β-unsaturated/α-hetero) is 1. The zero-order chi connectivity index (χ0) is 20.3. The molecule has 1 N–H and O–H groups in total. The lowest BCUT2D eigenvalue weighted by Gasteiger charge is -2.34. The van der Waals surface area contributed by atoms with Crippen molar-refractivity contribution >= 4 is 17.6 Å². The number of carbonyl (C=O) groups excluding carboxylic acids is 3. The van der Waals surface area contributed by atoms with Crippen molar-refractivity contribution in [1.29, 1.82) is 0 Å². The normalized spacial score (nSPS) is 18.8. The van der Waals surface area contributed by atoms with Gasteiger partial charge in [0.1, 0.15) is 5.69 Å². The van der Waals surface area contributed by atoms with Crippen LogP contribution >= 0.6 is 0 Å². The Morgan fingerprint density at radius 3 is 2.11 bits per heavy atom. The SMILES string of the molecule is CCc1c(C(=O)N2CCC(C(=O)N3CCCCCC3)CC2)[nH]c(C)c1C(C)=O. The molecule has 0 aromatic carbocycles. The molecule has 1 aromatic rings. The highest BCUT2D eigenvalue weighted by atomic mass is 16.2. The monoisotopic (exact) mass is 387 g/mol. The summed E-state index contributed by atoms with van der Waals surface area (Å²) < 4.78 is 0. The molecular weight excluding hydrogens is 354 g/mol. The number of piperidine rings is 1. The molecule has 1 aromatic heterocycles. The molecule has 0 spiro atoms. The average Bonchev–Trinajstić information content (AvgIpc) is 2.85. The first-order valence-electron chi connectivity index (χ1n) is 10.7. The maximum absolute atomic E-state index is 13.1. The van der Waals surface area contributed by atoms with Crippen LogP contribution in [0.3, 0.4) is 0 Å². The van der Waals surface area contributed by atoms with Gasteiger partial charge in [0.25, 0.3) is 5.91 Å². The Kier molecular flexibility index (Phi) is 6.57. The lowest BCUT2D eigenvalue weighted by atomic mass is 9.94. The van der Waals surface area contributed by atoms with Gasteiger partial charge in [-0.1, -0.05) is 19.8 Å². The van der Waals surface area contributed by atoms with Crippen molar-refractivity contribution in [2.75, 3.05) is 26.2 Å². The van der Waals surface area contributed by atoms with E-state index in [4.69, 9.17) is 0 Å². The Hall–Kier alpha value is -2.11. The second kappa shape index (κ2) is 8.93. The summed E-state index contributed by atoms with van der Waals surface area (Å²) >= 11 is 0. The van der Waals surface area contributed by atoms with E-state index in [-0.39, 0.29) is 23.5 Å². The zero-order valence-corrected chi connectivity index (χ0v) is 17.5. The van der Waals surface area contributed by atoms with Crippen LogP contribution in [0.1, 0.15) is 84.5 Å². The largest absolute Gasteiger partial charge is 0.354 e. The summed E-state index contributed by atoms with van der Waals surface area (Å²) in [5, 5.41) is 0. The summed E-state index contributed by atoms with van der Waals surface area (Å²) in [4.78, 5) is 44.9. The van der Waals surface area contributed by atoms with Crippen LogP contribution in [0.4, 0.5) is 0 Å². The van der Waals surface area contributed by atoms with Crippen LogP contribution in [-0.4, -0.2) is 58.6 Å². The molecule has 6 heteroatoms. The van der Waals surface area contributed by atoms with E-state index >= 15 is 0 Å². The lowest BCUT2D eigenvalue weighted by Crippen LogP contribution is -2.45. The van der Waals surface area contributed by atoms with Gasteiger partial charge in [-0.05, 0) is 51.5 Å². The van der Waals surface area contributed by atoms with Crippen molar-refractivity contribution in [2.45, 2.75) is 65.7 Å². The summed E-state index contributed by atoms with van der Waals surface area (Å²) in [6, 6.07) is 0. The van der Waals surface area contributed by atoms with E-state index in [0.717, 1.165) is 50.0 Å². The molecule has 0 atom stereocenters. The maximum atomic E-state index is 13.1. The minimum absolute atomic E-state index is 0.00796. The number of H-pyrrole nitrogens is 1. The van der Waals surface area contributed by atoms with Crippen molar-refractivity contribution < 1.29 is 14.4 Å². The second-order valence-corrected chi connectivity index (χ2v) is 8.19. The topological polar surface area (TPSA) is 73.5 Å². The van der Waals surface area contributed by atoms with Crippen LogP contribution < -0.4 is 0 Å². The molecule has 0 bridgehead atoms. The average molecular weight is 388 g/mol. The summed E-state index contributed by atoms with van der Waals surface area (Å²) in [5.74, 6) is 0.253. The van der Waals surface area contributed by atoms with Crippen LogP contribution in [0.25, 0.3) is 0 Å². The first kappa shape index (κ1) is 20.6.